The lowest BCUT2D eigenvalue weighted by Gasteiger charge is -2.23. The zero-order valence-electron chi connectivity index (χ0n) is 11.7. The normalized spacial score (nSPS) is 18.6. The highest BCUT2D eigenvalue weighted by Gasteiger charge is 2.16. The van der Waals surface area contributed by atoms with Gasteiger partial charge in [-0.05, 0) is 30.8 Å². The number of thiophene rings is 1. The molecule has 0 saturated carbocycles. The van der Waals surface area contributed by atoms with Gasteiger partial charge in [-0.3, -0.25) is 4.79 Å². The number of nitrogens with one attached hydrogen (secondary N) is 2. The lowest BCUT2D eigenvalue weighted by Crippen LogP contribution is -2.45. The molecule has 2 aromatic rings. The average molecular weight is 306 g/mol. The van der Waals surface area contributed by atoms with Crippen molar-refractivity contribution in [3.8, 4) is 11.4 Å². The van der Waals surface area contributed by atoms with E-state index in [4.69, 9.17) is 4.52 Å². The first-order valence-electron chi connectivity index (χ1n) is 7.16. The van der Waals surface area contributed by atoms with Gasteiger partial charge in [-0.1, -0.05) is 5.16 Å². The first-order valence-corrected chi connectivity index (χ1v) is 8.11. The van der Waals surface area contributed by atoms with Crippen LogP contribution in [0, 0.1) is 0 Å². The van der Waals surface area contributed by atoms with Crippen molar-refractivity contribution < 1.29 is 9.32 Å². The molecule has 3 heterocycles. The Morgan fingerprint density at radius 1 is 1.57 bits per heavy atom. The van der Waals surface area contributed by atoms with Crippen LogP contribution in [0.25, 0.3) is 11.4 Å². The Morgan fingerprint density at radius 3 is 3.29 bits per heavy atom. The maximum absolute atomic E-state index is 11.9. The first kappa shape index (κ1) is 14.2. The van der Waals surface area contributed by atoms with Crippen LogP contribution in [0.15, 0.2) is 21.3 Å². The van der Waals surface area contributed by atoms with Crippen LogP contribution in [0.3, 0.4) is 0 Å². The summed E-state index contributed by atoms with van der Waals surface area (Å²) >= 11 is 1.59. The maximum Gasteiger partial charge on any atom is 0.227 e. The topological polar surface area (TPSA) is 80.0 Å². The molecule has 7 heteroatoms. The molecule has 1 unspecified atom stereocenters. The molecular formula is C14H18N4O2S. The van der Waals surface area contributed by atoms with E-state index in [0.29, 0.717) is 24.6 Å². The zero-order valence-corrected chi connectivity index (χ0v) is 12.5. The van der Waals surface area contributed by atoms with E-state index in [9.17, 15) is 4.79 Å². The summed E-state index contributed by atoms with van der Waals surface area (Å²) in [5.74, 6) is 1.13. The van der Waals surface area contributed by atoms with Gasteiger partial charge >= 0.3 is 0 Å². The van der Waals surface area contributed by atoms with Crippen molar-refractivity contribution in [1.82, 2.24) is 20.8 Å². The van der Waals surface area contributed by atoms with E-state index in [2.05, 4.69) is 20.8 Å². The van der Waals surface area contributed by atoms with Gasteiger partial charge in [-0.2, -0.15) is 16.3 Å². The van der Waals surface area contributed by atoms with Crippen molar-refractivity contribution in [3.63, 3.8) is 0 Å². The Kier molecular flexibility index (Phi) is 4.62. The second-order valence-corrected chi connectivity index (χ2v) is 5.91. The monoisotopic (exact) mass is 306 g/mol. The lowest BCUT2D eigenvalue weighted by molar-refractivity contribution is -0.121. The fourth-order valence-corrected chi connectivity index (χ4v) is 3.00. The molecule has 0 bridgehead atoms. The fourth-order valence-electron chi connectivity index (χ4n) is 2.36. The van der Waals surface area contributed by atoms with Crippen LogP contribution in [0.5, 0.6) is 0 Å². The van der Waals surface area contributed by atoms with E-state index in [-0.39, 0.29) is 11.9 Å². The highest BCUT2D eigenvalue weighted by atomic mass is 32.1. The summed E-state index contributed by atoms with van der Waals surface area (Å²) in [5, 5.41) is 14.2. The van der Waals surface area contributed by atoms with Crippen LogP contribution in [0.1, 0.15) is 25.2 Å². The number of aryl methyl sites for hydroxylation is 1. The SMILES string of the molecule is O=C(CCc1nc(-c2ccsc2)no1)NC1CCCNC1. The number of amides is 1. The number of rotatable bonds is 5. The number of aromatic nitrogens is 2. The van der Waals surface area contributed by atoms with Gasteiger partial charge in [0.05, 0.1) is 0 Å². The van der Waals surface area contributed by atoms with Gasteiger partial charge in [0.25, 0.3) is 0 Å². The minimum atomic E-state index is 0.0407. The number of carbonyl (C=O) groups is 1. The number of nitrogens with zero attached hydrogens (tertiary/aromatic N) is 2. The number of carbonyl (C=O) groups excluding carboxylic acids is 1. The second-order valence-electron chi connectivity index (χ2n) is 5.13. The predicted molar refractivity (Wildman–Crippen MR) is 80.0 cm³/mol. The van der Waals surface area contributed by atoms with Gasteiger partial charge in [0, 0.05) is 36.4 Å². The molecule has 1 amide bonds. The molecule has 112 valence electrons. The molecule has 1 aliphatic rings. The predicted octanol–water partition coefficient (Wildman–Crippen LogP) is 1.60. The molecule has 3 rings (SSSR count). The molecule has 6 nitrogen and oxygen atoms in total. The molecule has 0 aliphatic carbocycles. The van der Waals surface area contributed by atoms with Gasteiger partial charge in [-0.15, -0.1) is 0 Å². The van der Waals surface area contributed by atoms with Crippen LogP contribution in [-0.2, 0) is 11.2 Å². The maximum atomic E-state index is 11.9. The molecular weight excluding hydrogens is 288 g/mol. The van der Waals surface area contributed by atoms with E-state index in [1.165, 1.54) is 0 Å². The number of hydrogen-bond acceptors (Lipinski definition) is 6. The molecule has 0 spiro atoms. The summed E-state index contributed by atoms with van der Waals surface area (Å²) in [6, 6.07) is 2.19. The average Bonchev–Trinajstić information content (AvgIpc) is 3.17. The third-order valence-corrected chi connectivity index (χ3v) is 4.16. The molecule has 1 saturated heterocycles. The Morgan fingerprint density at radius 2 is 2.52 bits per heavy atom. The third-order valence-electron chi connectivity index (χ3n) is 3.48. The van der Waals surface area contributed by atoms with Crippen molar-refractivity contribution in [2.45, 2.75) is 31.7 Å². The second kappa shape index (κ2) is 6.82. The molecule has 1 aliphatic heterocycles. The lowest BCUT2D eigenvalue weighted by atomic mass is 10.1. The van der Waals surface area contributed by atoms with Crippen molar-refractivity contribution in [2.24, 2.45) is 0 Å². The Balaban J connectivity index is 1.47. The van der Waals surface area contributed by atoms with Crippen molar-refractivity contribution >= 4 is 17.2 Å². The van der Waals surface area contributed by atoms with E-state index in [0.717, 1.165) is 31.5 Å². The highest BCUT2D eigenvalue weighted by molar-refractivity contribution is 7.08. The molecule has 1 atom stereocenters. The zero-order chi connectivity index (χ0) is 14.5. The molecule has 2 N–H and O–H groups in total. The molecule has 0 aromatic carbocycles. The van der Waals surface area contributed by atoms with Crippen molar-refractivity contribution in [1.29, 1.82) is 0 Å². The molecule has 1 fully saturated rings. The third kappa shape index (κ3) is 3.89. The molecule has 2 aromatic heterocycles. The van der Waals surface area contributed by atoms with Gasteiger partial charge in [0.2, 0.25) is 17.6 Å². The summed E-state index contributed by atoms with van der Waals surface area (Å²) in [6.45, 7) is 1.90. The van der Waals surface area contributed by atoms with Crippen LogP contribution >= 0.6 is 11.3 Å². The Hall–Kier alpha value is -1.73. The minimum absolute atomic E-state index is 0.0407. The summed E-state index contributed by atoms with van der Waals surface area (Å²) in [5.41, 5.74) is 0.952. The Bertz CT molecular complexity index is 576. The van der Waals surface area contributed by atoms with E-state index >= 15 is 0 Å². The van der Waals surface area contributed by atoms with Gasteiger partial charge in [0.15, 0.2) is 0 Å². The fraction of sp³-hybridized carbons (Fsp3) is 0.500. The van der Waals surface area contributed by atoms with Crippen LogP contribution in [0.4, 0.5) is 0 Å². The minimum Gasteiger partial charge on any atom is -0.352 e. The quantitative estimate of drug-likeness (QED) is 0.877. The van der Waals surface area contributed by atoms with Crippen LogP contribution in [-0.4, -0.2) is 35.2 Å². The van der Waals surface area contributed by atoms with E-state index in [1.54, 1.807) is 11.3 Å². The number of hydrogen-bond donors (Lipinski definition) is 2. The number of piperidine rings is 1. The standard InChI is InChI=1S/C14H18N4O2S/c19-12(16-11-2-1-6-15-8-11)3-4-13-17-14(18-20-13)10-5-7-21-9-10/h5,7,9,11,15H,1-4,6,8H2,(H,16,19). The Labute approximate surface area is 126 Å². The van der Waals surface area contributed by atoms with Gasteiger partial charge in [-0.25, -0.2) is 0 Å². The summed E-state index contributed by atoms with van der Waals surface area (Å²) in [4.78, 5) is 16.2. The van der Waals surface area contributed by atoms with Crippen LogP contribution in [0.2, 0.25) is 0 Å². The van der Waals surface area contributed by atoms with Crippen molar-refractivity contribution in [3.05, 3.63) is 22.7 Å². The van der Waals surface area contributed by atoms with Gasteiger partial charge in [0.1, 0.15) is 0 Å². The smallest absolute Gasteiger partial charge is 0.227 e. The summed E-state index contributed by atoms with van der Waals surface area (Å²) in [6.07, 6.45) is 3.01. The van der Waals surface area contributed by atoms with Crippen LogP contribution < -0.4 is 10.6 Å². The van der Waals surface area contributed by atoms with Crippen molar-refractivity contribution in [2.75, 3.05) is 13.1 Å². The van der Waals surface area contributed by atoms with E-state index in [1.807, 2.05) is 16.8 Å². The highest BCUT2D eigenvalue weighted by Crippen LogP contribution is 2.18. The largest absolute Gasteiger partial charge is 0.352 e. The van der Waals surface area contributed by atoms with Gasteiger partial charge < -0.3 is 15.2 Å². The summed E-state index contributed by atoms with van der Waals surface area (Å²) < 4.78 is 5.18. The van der Waals surface area contributed by atoms with E-state index < -0.39 is 0 Å². The molecule has 21 heavy (non-hydrogen) atoms. The first-order chi connectivity index (χ1) is 10.3. The molecule has 0 radical (unpaired) electrons. The summed E-state index contributed by atoms with van der Waals surface area (Å²) in [7, 11) is 0.